The number of carbonyl (C=O) groups is 1. The first-order valence-corrected chi connectivity index (χ1v) is 10.3. The summed E-state index contributed by atoms with van der Waals surface area (Å²) in [6, 6.07) is 4.35. The van der Waals surface area contributed by atoms with Gasteiger partial charge in [0.25, 0.3) is 5.82 Å². The fourth-order valence-electron chi connectivity index (χ4n) is 4.79. The number of halogens is 2. The Bertz CT molecular complexity index is 1110. The molecule has 3 aliphatic rings. The van der Waals surface area contributed by atoms with Gasteiger partial charge in [-0.1, -0.05) is 6.57 Å². The maximum atomic E-state index is 14.4. The van der Waals surface area contributed by atoms with Crippen LogP contribution in [0.5, 0.6) is 0 Å². The Morgan fingerprint density at radius 1 is 1.23 bits per heavy atom. The van der Waals surface area contributed by atoms with E-state index < -0.39 is 17.7 Å². The summed E-state index contributed by atoms with van der Waals surface area (Å²) < 4.78 is 28.1. The van der Waals surface area contributed by atoms with Crippen molar-refractivity contribution in [2.45, 2.75) is 31.7 Å². The predicted octanol–water partition coefficient (Wildman–Crippen LogP) is 3.87. The number of benzene rings is 1. The second-order valence-corrected chi connectivity index (χ2v) is 8.37. The summed E-state index contributed by atoms with van der Waals surface area (Å²) in [5, 5.41) is 5.58. The molecule has 1 spiro atoms. The highest BCUT2D eigenvalue weighted by molar-refractivity contribution is 5.83. The van der Waals surface area contributed by atoms with E-state index in [1.54, 1.807) is 12.3 Å². The molecule has 5 rings (SSSR count). The molecule has 1 saturated carbocycles. The lowest BCUT2D eigenvalue weighted by Crippen LogP contribution is -2.48. The smallest absolute Gasteiger partial charge is 0.274 e. The minimum atomic E-state index is -0.625. The summed E-state index contributed by atoms with van der Waals surface area (Å²) in [6.45, 7) is 8.42. The number of amides is 1. The molecule has 0 bridgehead atoms. The van der Waals surface area contributed by atoms with E-state index in [2.05, 4.69) is 24.8 Å². The van der Waals surface area contributed by atoms with Gasteiger partial charge in [-0.2, -0.15) is 10.1 Å². The lowest BCUT2D eigenvalue weighted by atomic mass is 9.81. The van der Waals surface area contributed by atoms with Crippen molar-refractivity contribution in [2.24, 2.45) is 16.4 Å². The third kappa shape index (κ3) is 3.42. The van der Waals surface area contributed by atoms with Crippen molar-refractivity contribution in [2.75, 3.05) is 18.0 Å². The molecule has 0 radical (unpaired) electrons. The number of aromatic nitrogens is 2. The van der Waals surface area contributed by atoms with Crippen molar-refractivity contribution in [3.8, 4) is 0 Å². The van der Waals surface area contributed by atoms with Crippen LogP contribution in [-0.4, -0.2) is 40.2 Å². The summed E-state index contributed by atoms with van der Waals surface area (Å²) in [5.41, 5.74) is -0.0254. The first kappa shape index (κ1) is 19.5. The zero-order chi connectivity index (χ0) is 21.6. The van der Waals surface area contributed by atoms with E-state index in [0.29, 0.717) is 37.6 Å². The first-order chi connectivity index (χ1) is 15.0. The maximum Gasteiger partial charge on any atom is 0.274 e. The third-order valence-electron chi connectivity index (χ3n) is 6.57. The van der Waals surface area contributed by atoms with E-state index >= 15 is 0 Å². The molecule has 0 N–H and O–H groups in total. The fourth-order valence-corrected chi connectivity index (χ4v) is 4.79. The van der Waals surface area contributed by atoms with E-state index in [9.17, 15) is 13.6 Å². The summed E-state index contributed by atoms with van der Waals surface area (Å²) in [6.07, 6.45) is 5.78. The minimum Gasteiger partial charge on any atom is -0.360 e. The molecule has 1 aromatic heterocycles. The summed E-state index contributed by atoms with van der Waals surface area (Å²) >= 11 is 0. The quantitative estimate of drug-likeness (QED) is 0.705. The fraction of sp³-hybridized carbons (Fsp3) is 0.409. The van der Waals surface area contributed by atoms with Crippen LogP contribution in [0.4, 0.5) is 20.4 Å². The normalized spacial score (nSPS) is 23.8. The van der Waals surface area contributed by atoms with Gasteiger partial charge in [-0.3, -0.25) is 4.79 Å². The maximum absolute atomic E-state index is 14.4. The van der Waals surface area contributed by atoms with Gasteiger partial charge in [0.2, 0.25) is 12.2 Å². The zero-order valence-corrected chi connectivity index (χ0v) is 16.7. The molecular weight excluding hydrogens is 402 g/mol. The van der Waals surface area contributed by atoms with Crippen LogP contribution in [-0.2, 0) is 4.79 Å². The van der Waals surface area contributed by atoms with Crippen LogP contribution in [0, 0.1) is 29.5 Å². The molecule has 1 amide bonds. The molecule has 3 heterocycles. The highest BCUT2D eigenvalue weighted by Crippen LogP contribution is 2.57. The number of hydrogen-bond acceptors (Lipinski definition) is 5. The van der Waals surface area contributed by atoms with E-state index in [0.717, 1.165) is 31.0 Å². The molecule has 2 fully saturated rings. The van der Waals surface area contributed by atoms with Crippen LogP contribution in [0.25, 0.3) is 4.85 Å². The largest absolute Gasteiger partial charge is 0.360 e. The van der Waals surface area contributed by atoms with Crippen molar-refractivity contribution < 1.29 is 13.6 Å². The second kappa shape index (κ2) is 7.38. The van der Waals surface area contributed by atoms with Gasteiger partial charge in [0, 0.05) is 43.3 Å². The van der Waals surface area contributed by atoms with Gasteiger partial charge in [-0.25, -0.2) is 13.8 Å². The number of hydrogen-bond donors (Lipinski definition) is 0. The molecule has 2 unspecified atom stereocenters. The molecule has 9 heteroatoms. The van der Waals surface area contributed by atoms with Crippen molar-refractivity contribution in [1.82, 2.24) is 15.0 Å². The van der Waals surface area contributed by atoms with Crippen LogP contribution >= 0.6 is 0 Å². The van der Waals surface area contributed by atoms with Crippen molar-refractivity contribution in [1.29, 1.82) is 0 Å². The van der Waals surface area contributed by atoms with Crippen LogP contribution in [0.2, 0.25) is 0 Å². The number of rotatable bonds is 3. The van der Waals surface area contributed by atoms with Crippen LogP contribution < -0.4 is 4.90 Å². The van der Waals surface area contributed by atoms with Gasteiger partial charge in [-0.15, -0.1) is 4.98 Å². The molecule has 1 aromatic carbocycles. The van der Waals surface area contributed by atoms with Crippen molar-refractivity contribution in [3.63, 3.8) is 0 Å². The Hall–Kier alpha value is -3.41. The van der Waals surface area contributed by atoms with E-state index in [-0.39, 0.29) is 22.8 Å². The van der Waals surface area contributed by atoms with Crippen LogP contribution in [0.3, 0.4) is 0 Å². The Balaban J connectivity index is 1.36. The highest BCUT2D eigenvalue weighted by Gasteiger charge is 2.56. The van der Waals surface area contributed by atoms with Gasteiger partial charge < -0.3 is 9.74 Å². The minimum absolute atomic E-state index is 0.135. The Labute approximate surface area is 178 Å². The van der Waals surface area contributed by atoms with Crippen LogP contribution in [0.1, 0.15) is 37.3 Å². The van der Waals surface area contributed by atoms with Crippen molar-refractivity contribution in [3.05, 3.63) is 59.2 Å². The van der Waals surface area contributed by atoms with Gasteiger partial charge in [0.1, 0.15) is 17.5 Å². The average molecular weight is 422 g/mol. The standard InChI is InChI=1S/C22H20F2N6O/c1-25-19-11-20(27-13-26-19)29-9-5-16(22(12-29)6-7-22)21(31)30-18(4-8-28-30)15-10-14(23)2-3-17(15)24/h2-3,8,10-11,13,16,18H,4-7,9,12H2. The molecular formula is C22H20F2N6O. The zero-order valence-electron chi connectivity index (χ0n) is 16.7. The molecule has 2 aliphatic heterocycles. The van der Waals surface area contributed by atoms with E-state index in [4.69, 9.17) is 6.57 Å². The second-order valence-electron chi connectivity index (χ2n) is 8.37. The Kier molecular flexibility index (Phi) is 4.65. The molecule has 2 atom stereocenters. The number of nitrogens with zero attached hydrogens (tertiary/aromatic N) is 6. The van der Waals surface area contributed by atoms with Crippen molar-refractivity contribution >= 4 is 23.8 Å². The molecule has 158 valence electrons. The number of piperidine rings is 1. The van der Waals surface area contributed by atoms with Gasteiger partial charge in [-0.05, 0) is 42.9 Å². The summed E-state index contributed by atoms with van der Waals surface area (Å²) in [5.74, 6) is -0.461. The molecule has 2 aromatic rings. The first-order valence-electron chi connectivity index (χ1n) is 10.3. The summed E-state index contributed by atoms with van der Waals surface area (Å²) in [7, 11) is 0. The van der Waals surface area contributed by atoms with Gasteiger partial charge in [0.05, 0.1) is 6.04 Å². The summed E-state index contributed by atoms with van der Waals surface area (Å²) in [4.78, 5) is 27.2. The lowest BCUT2D eigenvalue weighted by Gasteiger charge is -2.40. The lowest BCUT2D eigenvalue weighted by molar-refractivity contribution is -0.140. The van der Waals surface area contributed by atoms with E-state index in [1.807, 2.05) is 0 Å². The Morgan fingerprint density at radius 2 is 2.06 bits per heavy atom. The van der Waals surface area contributed by atoms with Gasteiger partial charge >= 0.3 is 0 Å². The Morgan fingerprint density at radius 3 is 2.84 bits per heavy atom. The van der Waals surface area contributed by atoms with E-state index in [1.165, 1.54) is 11.3 Å². The number of hydrazone groups is 1. The monoisotopic (exact) mass is 422 g/mol. The number of anilines is 1. The molecule has 7 nitrogen and oxygen atoms in total. The molecule has 1 aliphatic carbocycles. The third-order valence-corrected chi connectivity index (χ3v) is 6.57. The molecule has 1 saturated heterocycles. The molecule has 31 heavy (non-hydrogen) atoms. The average Bonchev–Trinajstić information content (AvgIpc) is 3.36. The van der Waals surface area contributed by atoms with Crippen LogP contribution in [0.15, 0.2) is 35.7 Å². The number of carbonyl (C=O) groups excluding carboxylic acids is 1. The SMILES string of the molecule is [C-]#[N+]c1cc(N2CCC(C(=O)N3N=CCC3c3cc(F)ccc3F)C3(CC3)C2)ncn1. The van der Waals surface area contributed by atoms with Gasteiger partial charge in [0.15, 0.2) is 0 Å². The highest BCUT2D eigenvalue weighted by atomic mass is 19.1. The predicted molar refractivity (Wildman–Crippen MR) is 109 cm³/mol. The topological polar surface area (TPSA) is 66.1 Å².